The normalized spacial score (nSPS) is 13.3. The lowest BCUT2D eigenvalue weighted by Crippen LogP contribution is -2.16. The summed E-state index contributed by atoms with van der Waals surface area (Å²) < 4.78 is 13.4. The van der Waals surface area contributed by atoms with Gasteiger partial charge in [-0.3, -0.25) is 0 Å². The highest BCUT2D eigenvalue weighted by Crippen LogP contribution is 2.52. The second-order valence-electron chi connectivity index (χ2n) is 14.4. The molecular formula is C48H32N2O2. The van der Waals surface area contributed by atoms with Crippen molar-refractivity contribution in [2.45, 2.75) is 19.3 Å². The highest BCUT2D eigenvalue weighted by molar-refractivity contribution is 6.32. The van der Waals surface area contributed by atoms with Crippen molar-refractivity contribution in [2.24, 2.45) is 0 Å². The number of aromatic nitrogens is 1. The molecule has 0 atom stereocenters. The minimum atomic E-state index is -0.140. The van der Waals surface area contributed by atoms with Gasteiger partial charge in [0.1, 0.15) is 16.7 Å². The lowest BCUT2D eigenvalue weighted by molar-refractivity contribution is 0.623. The van der Waals surface area contributed by atoms with Gasteiger partial charge in [0.2, 0.25) is 5.89 Å². The van der Waals surface area contributed by atoms with Crippen LogP contribution in [0.1, 0.15) is 25.0 Å². The van der Waals surface area contributed by atoms with Gasteiger partial charge >= 0.3 is 0 Å². The largest absolute Gasteiger partial charge is 0.456 e. The fraction of sp³-hybridized carbons (Fsp3) is 0.0625. The first-order chi connectivity index (χ1) is 25.5. The SMILES string of the molecule is CC1(C)c2ccccc2-c2ccc(N(c3ccc(-c4ccccc4)cc3)c3cc4oc5cccc6c7nc(-c8ccccc8)oc7c(c3)c4c56)cc21. The van der Waals surface area contributed by atoms with Gasteiger partial charge in [-0.1, -0.05) is 117 Å². The molecule has 0 amide bonds. The molecular weight excluding hydrogens is 637 g/mol. The van der Waals surface area contributed by atoms with Crippen molar-refractivity contribution in [3.63, 3.8) is 0 Å². The zero-order valence-corrected chi connectivity index (χ0v) is 28.7. The Morgan fingerprint density at radius 3 is 1.96 bits per heavy atom. The molecule has 0 spiro atoms. The summed E-state index contributed by atoms with van der Waals surface area (Å²) in [5.74, 6) is 0.608. The van der Waals surface area contributed by atoms with Crippen LogP contribution in [-0.4, -0.2) is 4.98 Å². The summed E-state index contributed by atoms with van der Waals surface area (Å²) in [6.07, 6.45) is 0. The summed E-state index contributed by atoms with van der Waals surface area (Å²) in [7, 11) is 0. The smallest absolute Gasteiger partial charge is 0.227 e. The van der Waals surface area contributed by atoms with E-state index in [1.54, 1.807) is 0 Å². The number of furan rings is 1. The zero-order chi connectivity index (χ0) is 34.6. The minimum absolute atomic E-state index is 0.140. The van der Waals surface area contributed by atoms with Gasteiger partial charge in [0.25, 0.3) is 0 Å². The monoisotopic (exact) mass is 668 g/mol. The molecule has 0 aliphatic heterocycles. The summed E-state index contributed by atoms with van der Waals surface area (Å²) in [4.78, 5) is 7.44. The molecule has 4 nitrogen and oxygen atoms in total. The number of hydrogen-bond donors (Lipinski definition) is 0. The van der Waals surface area contributed by atoms with Crippen molar-refractivity contribution in [3.05, 3.63) is 169 Å². The number of benzene rings is 8. The zero-order valence-electron chi connectivity index (χ0n) is 28.7. The van der Waals surface area contributed by atoms with Crippen LogP contribution in [0.3, 0.4) is 0 Å². The molecule has 10 aromatic rings. The molecule has 0 bridgehead atoms. The Bertz CT molecular complexity index is 2970. The minimum Gasteiger partial charge on any atom is -0.456 e. The summed E-state index contributed by atoms with van der Waals surface area (Å²) in [5.41, 5.74) is 14.8. The van der Waals surface area contributed by atoms with Gasteiger partial charge in [0, 0.05) is 50.0 Å². The van der Waals surface area contributed by atoms with Crippen LogP contribution in [0.25, 0.3) is 77.5 Å². The third-order valence-electron chi connectivity index (χ3n) is 11.0. The topological polar surface area (TPSA) is 42.4 Å². The van der Waals surface area contributed by atoms with Gasteiger partial charge in [0.15, 0.2) is 5.58 Å². The molecule has 0 radical (unpaired) electrons. The Hall–Kier alpha value is -6.65. The Balaban J connectivity index is 1.17. The summed E-state index contributed by atoms with van der Waals surface area (Å²) in [6.45, 7) is 4.66. The van der Waals surface area contributed by atoms with Crippen LogP contribution in [0, 0.1) is 0 Å². The van der Waals surface area contributed by atoms with Gasteiger partial charge in [-0.2, -0.15) is 0 Å². The van der Waals surface area contributed by atoms with Crippen molar-refractivity contribution in [1.82, 2.24) is 4.98 Å². The van der Waals surface area contributed by atoms with E-state index < -0.39 is 0 Å². The average molecular weight is 669 g/mol. The highest BCUT2D eigenvalue weighted by Gasteiger charge is 2.36. The molecule has 1 aliphatic carbocycles. The molecule has 0 N–H and O–H groups in total. The van der Waals surface area contributed by atoms with E-state index in [9.17, 15) is 0 Å². The van der Waals surface area contributed by atoms with Crippen LogP contribution >= 0.6 is 0 Å². The molecule has 1 aliphatic rings. The van der Waals surface area contributed by atoms with E-state index in [-0.39, 0.29) is 5.41 Å². The number of anilines is 3. The lowest BCUT2D eigenvalue weighted by atomic mass is 9.82. The first-order valence-corrected chi connectivity index (χ1v) is 17.8. The summed E-state index contributed by atoms with van der Waals surface area (Å²) >= 11 is 0. The molecule has 2 aromatic heterocycles. The molecule has 0 unspecified atom stereocenters. The predicted molar refractivity (Wildman–Crippen MR) is 213 cm³/mol. The van der Waals surface area contributed by atoms with Gasteiger partial charge in [-0.15, -0.1) is 0 Å². The van der Waals surface area contributed by atoms with Crippen LogP contribution < -0.4 is 4.90 Å². The Kier molecular flexibility index (Phi) is 5.98. The second-order valence-corrected chi connectivity index (χ2v) is 14.4. The van der Waals surface area contributed by atoms with Crippen molar-refractivity contribution in [1.29, 1.82) is 0 Å². The highest BCUT2D eigenvalue weighted by atomic mass is 16.3. The molecule has 0 saturated carbocycles. The third-order valence-corrected chi connectivity index (χ3v) is 11.0. The maximum Gasteiger partial charge on any atom is 0.227 e. The van der Waals surface area contributed by atoms with E-state index >= 15 is 0 Å². The summed E-state index contributed by atoms with van der Waals surface area (Å²) in [5, 5.41) is 4.15. The van der Waals surface area contributed by atoms with Crippen molar-refractivity contribution >= 4 is 60.9 Å². The van der Waals surface area contributed by atoms with Gasteiger partial charge in [-0.05, 0) is 81.9 Å². The molecule has 11 rings (SSSR count). The van der Waals surface area contributed by atoms with Crippen LogP contribution in [-0.2, 0) is 5.41 Å². The van der Waals surface area contributed by atoms with E-state index in [0.29, 0.717) is 5.89 Å². The fourth-order valence-corrected chi connectivity index (χ4v) is 8.54. The van der Waals surface area contributed by atoms with E-state index in [1.807, 2.05) is 42.5 Å². The van der Waals surface area contributed by atoms with Gasteiger partial charge in [0.05, 0.1) is 5.69 Å². The Labute approximate surface area is 300 Å². The van der Waals surface area contributed by atoms with Crippen molar-refractivity contribution < 1.29 is 8.83 Å². The van der Waals surface area contributed by atoms with Crippen LogP contribution in [0.4, 0.5) is 17.1 Å². The van der Waals surface area contributed by atoms with Gasteiger partial charge in [-0.25, -0.2) is 4.98 Å². The molecule has 0 fully saturated rings. The molecule has 0 saturated heterocycles. The lowest BCUT2D eigenvalue weighted by Gasteiger charge is -2.28. The maximum absolute atomic E-state index is 6.70. The standard InChI is InChI=1S/C48H32N2O2/c1-48(2)39-18-10-9-16-35(39)36-25-24-33(27-40(36)48)50(32-22-20-30(21-23-32)29-12-5-3-6-13-29)34-26-38-44-42(28-34)51-41-19-11-17-37(43(41)44)45-46(38)52-47(49-45)31-14-7-4-8-15-31/h3-28H,1-2H3. The van der Waals surface area contributed by atoms with E-state index in [2.05, 4.69) is 134 Å². The molecule has 4 heteroatoms. The van der Waals surface area contributed by atoms with E-state index in [4.69, 9.17) is 13.8 Å². The molecule has 2 heterocycles. The van der Waals surface area contributed by atoms with E-state index in [0.717, 1.165) is 66.4 Å². The van der Waals surface area contributed by atoms with Crippen LogP contribution in [0.15, 0.2) is 167 Å². The quantitative estimate of drug-likeness (QED) is 0.171. The Morgan fingerprint density at radius 1 is 0.481 bits per heavy atom. The summed E-state index contributed by atoms with van der Waals surface area (Å²) in [6, 6.07) is 55.9. The number of rotatable bonds is 5. The fourth-order valence-electron chi connectivity index (χ4n) is 8.54. The van der Waals surface area contributed by atoms with Crippen molar-refractivity contribution in [2.75, 3.05) is 4.90 Å². The predicted octanol–water partition coefficient (Wildman–Crippen LogP) is 13.4. The first kappa shape index (κ1) is 29.1. The maximum atomic E-state index is 6.70. The van der Waals surface area contributed by atoms with E-state index in [1.165, 1.54) is 33.4 Å². The average Bonchev–Trinajstić information content (AvgIpc) is 3.87. The molecule has 8 aromatic carbocycles. The molecule has 246 valence electrons. The van der Waals surface area contributed by atoms with Gasteiger partial charge < -0.3 is 13.7 Å². The van der Waals surface area contributed by atoms with Crippen molar-refractivity contribution in [3.8, 4) is 33.7 Å². The number of oxazole rings is 1. The third kappa shape index (κ3) is 4.12. The first-order valence-electron chi connectivity index (χ1n) is 17.8. The number of fused-ring (bicyclic) bond motifs is 6. The second kappa shape index (κ2) is 10.7. The number of hydrogen-bond acceptors (Lipinski definition) is 4. The molecule has 52 heavy (non-hydrogen) atoms. The number of nitrogens with zero attached hydrogens (tertiary/aromatic N) is 2. The Morgan fingerprint density at radius 2 is 1.15 bits per heavy atom. The van der Waals surface area contributed by atoms with Crippen LogP contribution in [0.2, 0.25) is 0 Å². The van der Waals surface area contributed by atoms with Crippen LogP contribution in [0.5, 0.6) is 0 Å².